The van der Waals surface area contributed by atoms with Gasteiger partial charge in [0.2, 0.25) is 5.91 Å². The monoisotopic (exact) mass is 349 g/mol. The van der Waals surface area contributed by atoms with Gasteiger partial charge in [-0.3, -0.25) is 9.79 Å². The van der Waals surface area contributed by atoms with Gasteiger partial charge in [-0.15, -0.1) is 0 Å². The third-order valence-corrected chi connectivity index (χ3v) is 4.45. The van der Waals surface area contributed by atoms with Crippen molar-refractivity contribution >= 4 is 11.6 Å². The molecule has 0 bridgehead atoms. The Hall–Kier alpha value is -2.08. The highest BCUT2D eigenvalue weighted by Crippen LogP contribution is 2.14. The second-order valence-corrected chi connectivity index (χ2v) is 6.34. The Bertz CT molecular complexity index is 692. The second kappa shape index (κ2) is 8.85. The predicted molar refractivity (Wildman–Crippen MR) is 95.6 cm³/mol. The minimum Gasteiger partial charge on any atom is -0.351 e. The molecule has 1 aliphatic rings. The second-order valence-electron chi connectivity index (χ2n) is 6.34. The predicted octanol–water partition coefficient (Wildman–Crippen LogP) is 3.28. The minimum absolute atomic E-state index is 0.173. The van der Waals surface area contributed by atoms with E-state index in [2.05, 4.69) is 15.2 Å². The molecule has 0 aromatic heterocycles. The molecule has 1 aromatic carbocycles. The zero-order valence-electron chi connectivity index (χ0n) is 15.0. The van der Waals surface area contributed by atoms with Gasteiger partial charge in [0, 0.05) is 41.7 Å². The van der Waals surface area contributed by atoms with Crippen LogP contribution in [0.1, 0.15) is 39.2 Å². The van der Waals surface area contributed by atoms with Crippen LogP contribution in [0.25, 0.3) is 0 Å². The molecule has 136 valence electrons. The number of allylic oxidation sites excluding steroid dienone is 1. The lowest BCUT2D eigenvalue weighted by Gasteiger charge is -2.15. The van der Waals surface area contributed by atoms with Gasteiger partial charge in [-0.1, -0.05) is 0 Å². The van der Waals surface area contributed by atoms with E-state index >= 15 is 0 Å². The van der Waals surface area contributed by atoms with Crippen molar-refractivity contribution in [3.8, 4) is 0 Å². The first-order chi connectivity index (χ1) is 11.9. The molecule has 0 spiro atoms. The summed E-state index contributed by atoms with van der Waals surface area (Å²) in [7, 11) is 0. The number of nitrogens with zero attached hydrogens (tertiary/aromatic N) is 2. The Kier molecular flexibility index (Phi) is 6.82. The molecule has 25 heavy (non-hydrogen) atoms. The Balaban J connectivity index is 1.99. The van der Waals surface area contributed by atoms with Gasteiger partial charge in [-0.05, 0) is 58.8 Å². The topological polar surface area (TPSA) is 44.7 Å². The van der Waals surface area contributed by atoms with Crippen LogP contribution < -0.4 is 5.32 Å². The third-order valence-electron chi connectivity index (χ3n) is 4.45. The molecule has 6 heteroatoms. The average Bonchev–Trinajstić information content (AvgIpc) is 3.07. The van der Waals surface area contributed by atoms with Crippen LogP contribution in [0.5, 0.6) is 0 Å². The van der Waals surface area contributed by atoms with Gasteiger partial charge in [0.15, 0.2) is 0 Å². The molecular weight excluding hydrogens is 324 g/mol. The number of amides is 1. The first-order valence-corrected chi connectivity index (χ1v) is 8.57. The summed E-state index contributed by atoms with van der Waals surface area (Å²) < 4.78 is 26.8. The first-order valence-electron chi connectivity index (χ1n) is 8.57. The fraction of sp³-hybridized carbons (Fsp3) is 0.474. The van der Waals surface area contributed by atoms with Crippen LogP contribution >= 0.6 is 0 Å². The van der Waals surface area contributed by atoms with Crippen molar-refractivity contribution in [3.63, 3.8) is 0 Å². The molecule has 0 saturated carbocycles. The number of likely N-dealkylation sites (tertiary alicyclic amines) is 1. The summed E-state index contributed by atoms with van der Waals surface area (Å²) in [6.45, 7) is 8.67. The highest BCUT2D eigenvalue weighted by molar-refractivity contribution is 6.00. The summed E-state index contributed by atoms with van der Waals surface area (Å²) >= 11 is 0. The van der Waals surface area contributed by atoms with Crippen molar-refractivity contribution in [2.75, 3.05) is 26.2 Å². The van der Waals surface area contributed by atoms with Gasteiger partial charge in [-0.25, -0.2) is 8.78 Å². The maximum atomic E-state index is 13.8. The van der Waals surface area contributed by atoms with Crippen LogP contribution in [-0.2, 0) is 4.79 Å². The highest BCUT2D eigenvalue weighted by Gasteiger charge is 2.13. The van der Waals surface area contributed by atoms with Gasteiger partial charge in [0.05, 0.1) is 0 Å². The smallest absolute Gasteiger partial charge is 0.248 e. The van der Waals surface area contributed by atoms with Crippen molar-refractivity contribution in [2.24, 2.45) is 4.99 Å². The maximum absolute atomic E-state index is 13.8. The van der Waals surface area contributed by atoms with Crippen molar-refractivity contribution in [3.05, 3.63) is 46.7 Å². The summed E-state index contributed by atoms with van der Waals surface area (Å²) in [6.07, 6.45) is 2.44. The molecule has 0 unspecified atom stereocenters. The third kappa shape index (κ3) is 5.46. The Morgan fingerprint density at radius 3 is 2.52 bits per heavy atom. The summed E-state index contributed by atoms with van der Waals surface area (Å²) in [5.41, 5.74) is 1.63. The van der Waals surface area contributed by atoms with Crippen LogP contribution in [-0.4, -0.2) is 42.7 Å². The Morgan fingerprint density at radius 2 is 1.88 bits per heavy atom. The van der Waals surface area contributed by atoms with E-state index in [-0.39, 0.29) is 11.5 Å². The van der Waals surface area contributed by atoms with E-state index in [0.29, 0.717) is 23.5 Å². The van der Waals surface area contributed by atoms with E-state index < -0.39 is 11.6 Å². The SMILES string of the molecule is CC(=N/C(C)=C(\C)C(=O)NCCN1CCCC1)c1ccc(F)cc1F. The molecule has 4 nitrogen and oxygen atoms in total. The summed E-state index contributed by atoms with van der Waals surface area (Å²) in [6, 6.07) is 3.36. The van der Waals surface area contributed by atoms with Crippen LogP contribution in [0, 0.1) is 11.6 Å². The van der Waals surface area contributed by atoms with Crippen LogP contribution in [0.3, 0.4) is 0 Å². The fourth-order valence-electron chi connectivity index (χ4n) is 2.81. The standard InChI is InChI=1S/C19H25F2N3O/c1-13(19(25)22-8-11-24-9-4-5-10-24)14(2)23-15(3)17-7-6-16(20)12-18(17)21/h6-7,12H,4-5,8-11H2,1-3H3,(H,22,25)/b14-13+,23-15?. The van der Waals surface area contributed by atoms with Gasteiger partial charge in [-0.2, -0.15) is 0 Å². The molecular formula is C19H25F2N3O. The van der Waals surface area contributed by atoms with Crippen molar-refractivity contribution < 1.29 is 13.6 Å². The van der Waals surface area contributed by atoms with E-state index in [1.165, 1.54) is 25.0 Å². The number of carbonyl (C=O) groups is 1. The molecule has 2 rings (SSSR count). The fourth-order valence-corrected chi connectivity index (χ4v) is 2.81. The van der Waals surface area contributed by atoms with E-state index in [1.54, 1.807) is 20.8 Å². The molecule has 0 atom stereocenters. The largest absolute Gasteiger partial charge is 0.351 e. The molecule has 1 amide bonds. The first kappa shape index (κ1) is 19.2. The van der Waals surface area contributed by atoms with Crippen molar-refractivity contribution in [1.82, 2.24) is 10.2 Å². The number of halogens is 2. The van der Waals surface area contributed by atoms with Gasteiger partial charge in [0.25, 0.3) is 0 Å². The van der Waals surface area contributed by atoms with Crippen molar-refractivity contribution in [1.29, 1.82) is 0 Å². The number of carbonyl (C=O) groups excluding carboxylic acids is 1. The minimum atomic E-state index is -0.665. The average molecular weight is 349 g/mol. The maximum Gasteiger partial charge on any atom is 0.248 e. The normalized spacial score (nSPS) is 16.8. The molecule has 1 aliphatic heterocycles. The summed E-state index contributed by atoms with van der Waals surface area (Å²) in [5.74, 6) is -1.47. The lowest BCUT2D eigenvalue weighted by atomic mass is 10.1. The quantitative estimate of drug-likeness (QED) is 0.633. The van der Waals surface area contributed by atoms with E-state index in [1.807, 2.05) is 0 Å². The lowest BCUT2D eigenvalue weighted by Crippen LogP contribution is -2.34. The van der Waals surface area contributed by atoms with Crippen LogP contribution in [0.15, 0.2) is 34.5 Å². The number of hydrogen-bond acceptors (Lipinski definition) is 3. The van der Waals surface area contributed by atoms with Crippen LogP contribution in [0.2, 0.25) is 0 Å². The zero-order valence-corrected chi connectivity index (χ0v) is 15.0. The zero-order chi connectivity index (χ0) is 18.4. The number of aliphatic imine (C=N–C) groups is 1. The number of rotatable bonds is 6. The Morgan fingerprint density at radius 1 is 1.20 bits per heavy atom. The lowest BCUT2D eigenvalue weighted by molar-refractivity contribution is -0.117. The number of nitrogens with one attached hydrogen (secondary N) is 1. The molecule has 1 fully saturated rings. The highest BCUT2D eigenvalue weighted by atomic mass is 19.1. The number of benzene rings is 1. The molecule has 1 N–H and O–H groups in total. The van der Waals surface area contributed by atoms with E-state index in [4.69, 9.17) is 0 Å². The van der Waals surface area contributed by atoms with Crippen LogP contribution in [0.4, 0.5) is 8.78 Å². The van der Waals surface area contributed by atoms with Gasteiger partial charge in [0.1, 0.15) is 11.6 Å². The van der Waals surface area contributed by atoms with Gasteiger partial charge < -0.3 is 10.2 Å². The summed E-state index contributed by atoms with van der Waals surface area (Å²) in [5, 5.41) is 2.89. The molecule has 0 aliphatic carbocycles. The van der Waals surface area contributed by atoms with Crippen molar-refractivity contribution in [2.45, 2.75) is 33.6 Å². The summed E-state index contributed by atoms with van der Waals surface area (Å²) in [4.78, 5) is 18.8. The molecule has 1 heterocycles. The molecule has 1 saturated heterocycles. The molecule has 0 radical (unpaired) electrons. The van der Waals surface area contributed by atoms with E-state index in [0.717, 1.165) is 25.7 Å². The Labute approximate surface area is 147 Å². The van der Waals surface area contributed by atoms with Gasteiger partial charge >= 0.3 is 0 Å². The molecule has 1 aromatic rings. The van der Waals surface area contributed by atoms with E-state index in [9.17, 15) is 13.6 Å². The number of hydrogen-bond donors (Lipinski definition) is 1.